The van der Waals surface area contributed by atoms with Crippen molar-refractivity contribution in [3.63, 3.8) is 0 Å². The molecule has 0 unspecified atom stereocenters. The fraction of sp³-hybridized carbons (Fsp3) is 0. The number of rotatable bonds is 1. The molecule has 1 aromatic heterocycles. The first-order chi connectivity index (χ1) is 3.93. The van der Waals surface area contributed by atoms with E-state index >= 15 is 0 Å². The van der Waals surface area contributed by atoms with Gasteiger partial charge in [0.1, 0.15) is 0 Å². The minimum absolute atomic E-state index is 1.13. The molecule has 0 atom stereocenters. The van der Waals surface area contributed by atoms with Crippen LogP contribution in [0.5, 0.6) is 0 Å². The van der Waals surface area contributed by atoms with E-state index in [0.29, 0.717) is 0 Å². The molecule has 3 heteroatoms. The highest BCUT2D eigenvalue weighted by atomic mass is 33.1. The highest BCUT2D eigenvalue weighted by molar-refractivity contribution is 8.68. The minimum Gasteiger partial charge on any atom is -0.265 e. The van der Waals surface area contributed by atoms with Crippen molar-refractivity contribution < 1.29 is 0 Å². The molecule has 1 aromatic rings. The van der Waals surface area contributed by atoms with E-state index in [-0.39, 0.29) is 0 Å². The van der Waals surface area contributed by atoms with Crippen molar-refractivity contribution in [2.75, 3.05) is 0 Å². The predicted molar refractivity (Wildman–Crippen MR) is 39.1 cm³/mol. The quantitative estimate of drug-likeness (QED) is 0.477. The highest BCUT2D eigenvalue weighted by Gasteiger charge is 1.82. The zero-order chi connectivity index (χ0) is 5.82. The second-order valence-corrected chi connectivity index (χ2v) is 2.48. The van der Waals surface area contributed by atoms with E-state index in [9.17, 15) is 0 Å². The van der Waals surface area contributed by atoms with Gasteiger partial charge in [0, 0.05) is 17.3 Å². The highest BCUT2D eigenvalue weighted by Crippen LogP contribution is 2.18. The maximum absolute atomic E-state index is 4.00. The van der Waals surface area contributed by atoms with Gasteiger partial charge in [-0.1, -0.05) is 10.8 Å². The standard InChI is InChI=1S/C5H5NS2/c7-8-5-1-3-6-4-2-5/h1-4,7H. The molecule has 0 aromatic carbocycles. The molecule has 42 valence electrons. The molecule has 0 saturated carbocycles. The van der Waals surface area contributed by atoms with Gasteiger partial charge in [-0.25, -0.2) is 0 Å². The first-order valence-electron chi connectivity index (χ1n) is 2.15. The topological polar surface area (TPSA) is 12.9 Å². The molecular formula is C5H5NS2. The zero-order valence-electron chi connectivity index (χ0n) is 4.11. The van der Waals surface area contributed by atoms with Crippen LogP contribution in [0.4, 0.5) is 0 Å². The maximum atomic E-state index is 4.00. The number of thiol groups is 1. The van der Waals surface area contributed by atoms with Crippen molar-refractivity contribution in [3.05, 3.63) is 24.5 Å². The Morgan fingerprint density at radius 3 is 2.38 bits per heavy atom. The van der Waals surface area contributed by atoms with Crippen LogP contribution in [0, 0.1) is 0 Å². The summed E-state index contributed by atoms with van der Waals surface area (Å²) in [6.45, 7) is 0. The van der Waals surface area contributed by atoms with Crippen molar-refractivity contribution in [1.82, 2.24) is 4.98 Å². The molecule has 0 saturated heterocycles. The molecule has 0 N–H and O–H groups in total. The first-order valence-corrected chi connectivity index (χ1v) is 4.02. The Hall–Kier alpha value is -0.150. The second-order valence-electron chi connectivity index (χ2n) is 1.27. The minimum atomic E-state index is 1.13. The number of hydrogen-bond acceptors (Lipinski definition) is 3. The maximum Gasteiger partial charge on any atom is 0.0279 e. The summed E-state index contributed by atoms with van der Waals surface area (Å²) in [6.07, 6.45) is 3.50. The van der Waals surface area contributed by atoms with E-state index < -0.39 is 0 Å². The average Bonchev–Trinajstić information content (AvgIpc) is 1.90. The van der Waals surface area contributed by atoms with Gasteiger partial charge in [0.2, 0.25) is 0 Å². The van der Waals surface area contributed by atoms with E-state index in [2.05, 4.69) is 16.6 Å². The van der Waals surface area contributed by atoms with Crippen molar-refractivity contribution in [2.45, 2.75) is 4.90 Å². The van der Waals surface area contributed by atoms with E-state index in [1.165, 1.54) is 10.8 Å². The van der Waals surface area contributed by atoms with Crippen LogP contribution in [-0.4, -0.2) is 4.98 Å². The molecule has 0 fully saturated rings. The van der Waals surface area contributed by atoms with Gasteiger partial charge in [-0.15, -0.1) is 11.7 Å². The van der Waals surface area contributed by atoms with Gasteiger partial charge < -0.3 is 0 Å². The van der Waals surface area contributed by atoms with Crippen LogP contribution < -0.4 is 0 Å². The van der Waals surface area contributed by atoms with Gasteiger partial charge in [0.05, 0.1) is 0 Å². The van der Waals surface area contributed by atoms with Gasteiger partial charge in [0.25, 0.3) is 0 Å². The summed E-state index contributed by atoms with van der Waals surface area (Å²) in [6, 6.07) is 3.83. The van der Waals surface area contributed by atoms with Crippen LogP contribution in [0.1, 0.15) is 0 Å². The largest absolute Gasteiger partial charge is 0.265 e. The van der Waals surface area contributed by atoms with Crippen LogP contribution in [0.3, 0.4) is 0 Å². The van der Waals surface area contributed by atoms with Crippen LogP contribution in [0.25, 0.3) is 0 Å². The van der Waals surface area contributed by atoms with E-state index in [1.807, 2.05) is 12.1 Å². The van der Waals surface area contributed by atoms with Gasteiger partial charge in [-0.2, -0.15) is 0 Å². The van der Waals surface area contributed by atoms with Crippen molar-refractivity contribution in [2.24, 2.45) is 0 Å². The number of pyridine rings is 1. The molecule has 0 radical (unpaired) electrons. The first kappa shape index (κ1) is 5.98. The molecule has 0 aliphatic heterocycles. The predicted octanol–water partition coefficient (Wildman–Crippen LogP) is 2.02. The van der Waals surface area contributed by atoms with Crippen molar-refractivity contribution >= 4 is 22.5 Å². The fourth-order valence-corrected chi connectivity index (χ4v) is 1.01. The van der Waals surface area contributed by atoms with Gasteiger partial charge in [0.15, 0.2) is 0 Å². The fourth-order valence-electron chi connectivity index (χ4n) is 0.399. The third-order valence-electron chi connectivity index (χ3n) is 0.755. The SMILES string of the molecule is SSc1ccncc1. The molecule has 8 heavy (non-hydrogen) atoms. The van der Waals surface area contributed by atoms with Gasteiger partial charge in [-0.05, 0) is 12.1 Å². The van der Waals surface area contributed by atoms with Crippen LogP contribution >= 0.6 is 22.5 Å². The molecule has 1 heterocycles. The third kappa shape index (κ3) is 1.42. The van der Waals surface area contributed by atoms with Crippen LogP contribution in [0.15, 0.2) is 29.4 Å². The Bertz CT molecular complexity index is 152. The summed E-state index contributed by atoms with van der Waals surface area (Å²) in [7, 11) is 1.42. The Kier molecular flexibility index (Phi) is 2.24. The Morgan fingerprint density at radius 1 is 1.38 bits per heavy atom. The van der Waals surface area contributed by atoms with Gasteiger partial charge in [-0.3, -0.25) is 4.98 Å². The zero-order valence-corrected chi connectivity index (χ0v) is 5.82. The number of nitrogens with zero attached hydrogens (tertiary/aromatic N) is 1. The average molecular weight is 143 g/mol. The summed E-state index contributed by atoms with van der Waals surface area (Å²) in [5.41, 5.74) is 0. The summed E-state index contributed by atoms with van der Waals surface area (Å²) >= 11 is 4.00. The molecule has 0 amide bonds. The van der Waals surface area contributed by atoms with Gasteiger partial charge >= 0.3 is 0 Å². The lowest BCUT2D eigenvalue weighted by molar-refractivity contribution is 1.27. The summed E-state index contributed by atoms with van der Waals surface area (Å²) in [5, 5.41) is 0. The lowest BCUT2D eigenvalue weighted by Crippen LogP contribution is -1.66. The van der Waals surface area contributed by atoms with E-state index in [4.69, 9.17) is 0 Å². The Morgan fingerprint density at radius 2 is 2.00 bits per heavy atom. The van der Waals surface area contributed by atoms with Crippen LogP contribution in [-0.2, 0) is 0 Å². The normalized spacial score (nSPS) is 9.12. The number of aromatic nitrogens is 1. The molecule has 0 aliphatic rings. The molecule has 1 nitrogen and oxygen atoms in total. The molecule has 0 spiro atoms. The lowest BCUT2D eigenvalue weighted by atomic mass is 10.5. The second kappa shape index (κ2) is 2.99. The lowest BCUT2D eigenvalue weighted by Gasteiger charge is -1.87. The summed E-state index contributed by atoms with van der Waals surface area (Å²) in [4.78, 5) is 4.97. The van der Waals surface area contributed by atoms with E-state index in [0.717, 1.165) is 4.90 Å². The Labute approximate surface area is 57.3 Å². The summed E-state index contributed by atoms with van der Waals surface area (Å²) in [5.74, 6) is 0. The van der Waals surface area contributed by atoms with E-state index in [1.54, 1.807) is 12.4 Å². The Balaban J connectivity index is 2.83. The van der Waals surface area contributed by atoms with Crippen molar-refractivity contribution in [3.8, 4) is 0 Å². The smallest absolute Gasteiger partial charge is 0.0279 e. The monoisotopic (exact) mass is 143 g/mol. The molecular weight excluding hydrogens is 138 g/mol. The number of hydrogen-bond donors (Lipinski definition) is 1. The third-order valence-corrected chi connectivity index (χ3v) is 1.87. The molecule has 1 rings (SSSR count). The van der Waals surface area contributed by atoms with Crippen LogP contribution in [0.2, 0.25) is 0 Å². The van der Waals surface area contributed by atoms with Crippen molar-refractivity contribution in [1.29, 1.82) is 0 Å². The molecule has 0 aliphatic carbocycles. The summed E-state index contributed by atoms with van der Waals surface area (Å²) < 4.78 is 0. The molecule has 0 bridgehead atoms.